The Hall–Kier alpha value is -0.820. The summed E-state index contributed by atoms with van der Waals surface area (Å²) in [6, 6.07) is 0. The highest BCUT2D eigenvalue weighted by Gasteiger charge is 1.77. The van der Waals surface area contributed by atoms with Gasteiger partial charge >= 0.3 is 0 Å². The van der Waals surface area contributed by atoms with E-state index in [0.717, 1.165) is 5.57 Å². The van der Waals surface area contributed by atoms with Crippen molar-refractivity contribution < 1.29 is 5.11 Å². The van der Waals surface area contributed by atoms with Crippen LogP contribution >= 0.6 is 0 Å². The highest BCUT2D eigenvalue weighted by atomic mass is 16.2. The number of aliphatic hydroxyl groups excluding tert-OH is 1. The van der Waals surface area contributed by atoms with Crippen LogP contribution < -0.4 is 0 Å². The number of hydrogen-bond donors (Lipinski definition) is 1. The third-order valence-electron chi connectivity index (χ3n) is 1.20. The van der Waals surface area contributed by atoms with Gasteiger partial charge < -0.3 is 5.11 Å². The van der Waals surface area contributed by atoms with Crippen molar-refractivity contribution in [2.75, 3.05) is 6.61 Å². The zero-order valence-electron chi connectivity index (χ0n) is 7.46. The van der Waals surface area contributed by atoms with Crippen molar-refractivity contribution in [3.8, 4) is 0 Å². The molecule has 0 rings (SSSR count). The van der Waals surface area contributed by atoms with Crippen LogP contribution in [0.2, 0.25) is 0 Å². The Labute approximate surface area is 68.7 Å². The predicted octanol–water partition coefficient (Wildman–Crippen LogP) is 2.45. The predicted molar refractivity (Wildman–Crippen MR) is 49.4 cm³/mol. The van der Waals surface area contributed by atoms with E-state index in [-0.39, 0.29) is 6.61 Å². The molecule has 0 aromatic rings. The van der Waals surface area contributed by atoms with Gasteiger partial charge in [0, 0.05) is 0 Å². The lowest BCUT2D eigenvalue weighted by molar-refractivity contribution is 0.342. The quantitative estimate of drug-likeness (QED) is 0.616. The molecule has 0 saturated carbocycles. The van der Waals surface area contributed by atoms with Crippen LogP contribution in [0.5, 0.6) is 0 Å². The largest absolute Gasteiger partial charge is 0.392 e. The average Bonchev–Trinajstić information content (AvgIpc) is 1.87. The fourth-order valence-electron chi connectivity index (χ4n) is 0.604. The Morgan fingerprint density at radius 1 is 1.27 bits per heavy atom. The van der Waals surface area contributed by atoms with Crippen molar-refractivity contribution in [3.05, 3.63) is 35.5 Å². The zero-order valence-corrected chi connectivity index (χ0v) is 7.46. The van der Waals surface area contributed by atoms with Crippen LogP contribution in [0, 0.1) is 0 Å². The van der Waals surface area contributed by atoms with Gasteiger partial charge in [-0.25, -0.2) is 0 Å². The lowest BCUT2D eigenvalue weighted by Crippen LogP contribution is -1.74. The molecule has 0 aromatic carbocycles. The maximum Gasteiger partial charge on any atom is 0.0617 e. The summed E-state index contributed by atoms with van der Waals surface area (Å²) in [5.41, 5.74) is 2.36. The van der Waals surface area contributed by atoms with E-state index in [1.807, 2.05) is 25.2 Å². The van der Waals surface area contributed by atoms with Crippen LogP contribution in [-0.4, -0.2) is 11.7 Å². The molecule has 0 aliphatic carbocycles. The molecule has 0 amide bonds. The molecule has 0 radical (unpaired) electrons. The van der Waals surface area contributed by atoms with Crippen molar-refractivity contribution in [2.45, 2.75) is 20.8 Å². The van der Waals surface area contributed by atoms with E-state index < -0.39 is 0 Å². The minimum absolute atomic E-state index is 0.116. The molecule has 0 fully saturated rings. The van der Waals surface area contributed by atoms with E-state index in [2.05, 4.69) is 13.8 Å². The molecule has 62 valence electrons. The fourth-order valence-corrected chi connectivity index (χ4v) is 0.604. The van der Waals surface area contributed by atoms with Gasteiger partial charge in [0.2, 0.25) is 0 Å². The van der Waals surface area contributed by atoms with Crippen molar-refractivity contribution in [2.24, 2.45) is 0 Å². The Morgan fingerprint density at radius 3 is 2.36 bits per heavy atom. The molecule has 1 nitrogen and oxygen atoms in total. The van der Waals surface area contributed by atoms with Crippen molar-refractivity contribution >= 4 is 0 Å². The molecule has 1 N–H and O–H groups in total. The van der Waals surface area contributed by atoms with Crippen LogP contribution in [0.3, 0.4) is 0 Å². The summed E-state index contributed by atoms with van der Waals surface area (Å²) in [6.45, 7) is 6.18. The molecule has 0 unspecified atom stereocenters. The van der Waals surface area contributed by atoms with Crippen molar-refractivity contribution in [1.29, 1.82) is 0 Å². The molecule has 0 aliphatic heterocycles. The van der Waals surface area contributed by atoms with Gasteiger partial charge in [-0.05, 0) is 20.8 Å². The molecular weight excluding hydrogens is 136 g/mol. The second-order valence-electron chi connectivity index (χ2n) is 2.73. The average molecular weight is 152 g/mol. The van der Waals surface area contributed by atoms with Gasteiger partial charge in [0.15, 0.2) is 0 Å². The Morgan fingerprint density at radius 2 is 1.91 bits per heavy atom. The van der Waals surface area contributed by atoms with Crippen LogP contribution in [-0.2, 0) is 0 Å². The third kappa shape index (κ3) is 7.07. The summed E-state index contributed by atoms with van der Waals surface area (Å²) in [6.07, 6.45) is 7.77. The number of rotatable bonds is 3. The Balaban J connectivity index is 3.93. The summed E-state index contributed by atoms with van der Waals surface area (Å²) in [7, 11) is 0. The Kier molecular flexibility index (Phi) is 5.49. The second-order valence-corrected chi connectivity index (χ2v) is 2.73. The first-order valence-electron chi connectivity index (χ1n) is 3.76. The van der Waals surface area contributed by atoms with Gasteiger partial charge in [0.25, 0.3) is 0 Å². The SMILES string of the molecule is CC(C)=C/C=C/C(C)=C\CO. The lowest BCUT2D eigenvalue weighted by atomic mass is 10.2. The molecule has 0 heterocycles. The van der Waals surface area contributed by atoms with E-state index in [9.17, 15) is 0 Å². The summed E-state index contributed by atoms with van der Waals surface area (Å²) in [5, 5.41) is 8.52. The first-order chi connectivity index (χ1) is 5.16. The Bertz CT molecular complexity index is 181. The van der Waals surface area contributed by atoms with E-state index in [1.165, 1.54) is 5.57 Å². The molecule has 0 atom stereocenters. The molecule has 11 heavy (non-hydrogen) atoms. The zero-order chi connectivity index (χ0) is 8.69. The third-order valence-corrected chi connectivity index (χ3v) is 1.20. The lowest BCUT2D eigenvalue weighted by Gasteiger charge is -1.87. The van der Waals surface area contributed by atoms with Crippen molar-refractivity contribution in [1.82, 2.24) is 0 Å². The highest BCUT2D eigenvalue weighted by molar-refractivity contribution is 5.21. The highest BCUT2D eigenvalue weighted by Crippen LogP contribution is 1.96. The molecule has 0 saturated heterocycles. The molecule has 0 bridgehead atoms. The first-order valence-corrected chi connectivity index (χ1v) is 3.76. The number of hydrogen-bond acceptors (Lipinski definition) is 1. The van der Waals surface area contributed by atoms with Crippen molar-refractivity contribution in [3.63, 3.8) is 0 Å². The number of aliphatic hydroxyl groups is 1. The van der Waals surface area contributed by atoms with Crippen LogP contribution in [0.1, 0.15) is 20.8 Å². The van der Waals surface area contributed by atoms with E-state index in [0.29, 0.717) is 0 Å². The second kappa shape index (κ2) is 5.93. The minimum Gasteiger partial charge on any atom is -0.392 e. The monoisotopic (exact) mass is 152 g/mol. The van der Waals surface area contributed by atoms with Crippen LogP contribution in [0.25, 0.3) is 0 Å². The van der Waals surface area contributed by atoms with Gasteiger partial charge in [0.1, 0.15) is 0 Å². The summed E-state index contributed by atoms with van der Waals surface area (Å²) >= 11 is 0. The maximum absolute atomic E-state index is 8.52. The molecule has 0 aliphatic rings. The smallest absolute Gasteiger partial charge is 0.0617 e. The van der Waals surface area contributed by atoms with Gasteiger partial charge in [-0.2, -0.15) is 0 Å². The maximum atomic E-state index is 8.52. The molecule has 1 heteroatoms. The fraction of sp³-hybridized carbons (Fsp3) is 0.400. The standard InChI is InChI=1S/C10H16O/c1-9(2)5-4-6-10(3)7-8-11/h4-7,11H,8H2,1-3H3/b6-4+,10-7-. The summed E-state index contributed by atoms with van der Waals surface area (Å²) in [4.78, 5) is 0. The number of allylic oxidation sites excluding steroid dienone is 5. The van der Waals surface area contributed by atoms with Crippen LogP contribution in [0.4, 0.5) is 0 Å². The van der Waals surface area contributed by atoms with E-state index >= 15 is 0 Å². The minimum atomic E-state index is 0.116. The molecular formula is C10H16O. The van der Waals surface area contributed by atoms with Gasteiger partial charge in [-0.1, -0.05) is 35.5 Å². The van der Waals surface area contributed by atoms with Gasteiger partial charge in [0.05, 0.1) is 6.61 Å². The summed E-state index contributed by atoms with van der Waals surface area (Å²) < 4.78 is 0. The van der Waals surface area contributed by atoms with Crippen LogP contribution in [0.15, 0.2) is 35.5 Å². The topological polar surface area (TPSA) is 20.2 Å². The van der Waals surface area contributed by atoms with E-state index in [4.69, 9.17) is 5.11 Å². The van der Waals surface area contributed by atoms with Gasteiger partial charge in [-0.15, -0.1) is 0 Å². The normalized spacial score (nSPS) is 12.2. The first kappa shape index (κ1) is 10.2. The summed E-state index contributed by atoms with van der Waals surface area (Å²) in [5.74, 6) is 0. The van der Waals surface area contributed by atoms with Gasteiger partial charge in [-0.3, -0.25) is 0 Å². The van der Waals surface area contributed by atoms with E-state index in [1.54, 1.807) is 6.08 Å². The molecule has 0 aromatic heterocycles. The molecule has 0 spiro atoms.